The highest BCUT2D eigenvalue weighted by Gasteiger charge is 2.52. The zero-order valence-electron chi connectivity index (χ0n) is 31.4. The van der Waals surface area contributed by atoms with Gasteiger partial charge in [-0.15, -0.1) is 11.3 Å². The van der Waals surface area contributed by atoms with Gasteiger partial charge in [-0.1, -0.05) is 48.5 Å². The number of likely N-dealkylation sites (tertiary alicyclic amines) is 1. The number of ether oxygens (including phenoxy) is 2. The van der Waals surface area contributed by atoms with Crippen LogP contribution in [0, 0.1) is 23.7 Å². The topological polar surface area (TPSA) is 151 Å². The first-order valence-corrected chi connectivity index (χ1v) is 20.0. The predicted octanol–water partition coefficient (Wildman–Crippen LogP) is 6.79. The molecule has 8 rings (SSSR count). The number of methoxy groups -OCH3 is 2. The number of alkyl carbamates (subject to hydrolysis) is 1. The monoisotopic (exact) mass is 761 g/mol. The van der Waals surface area contributed by atoms with Crippen LogP contribution < -0.4 is 10.6 Å². The van der Waals surface area contributed by atoms with Crippen molar-refractivity contribution in [2.75, 3.05) is 20.8 Å². The van der Waals surface area contributed by atoms with Crippen LogP contribution in [0.3, 0.4) is 0 Å². The summed E-state index contributed by atoms with van der Waals surface area (Å²) in [4.78, 5) is 58.2. The molecule has 2 aliphatic heterocycles. The minimum absolute atomic E-state index is 0.00914. The molecule has 7 atom stereocenters. The Bertz CT molecular complexity index is 2080. The van der Waals surface area contributed by atoms with Crippen molar-refractivity contribution < 1.29 is 23.9 Å². The molecule has 2 aliphatic carbocycles. The maximum atomic E-state index is 13.6. The number of hydrogen-bond donors (Lipinski definition) is 3. The standard InChI is InChI=1S/C42H47N7O5S/c1-24(53-2)38(48-42(52)54-3)41(51)49-17-4-5-34(49)39-45-22-33(47-39)28-12-10-26(11-13-28)25-6-8-27(9-7-25)31-20-32(44-21-31)36-29-14-15-30(19-29)37(36)40(50)46-23-35-43-16-18-55-35/h6-13,16,18,21-22,24,29-30,34,36-38H,4-5,14-15,17,19-20,23H2,1-3H3,(H,45,47)(H,46,50)(H,48,52)/t24-,29?,30?,34+,36?,37-,38+/m1/s1. The van der Waals surface area contributed by atoms with E-state index in [1.54, 1.807) is 29.4 Å². The summed E-state index contributed by atoms with van der Waals surface area (Å²) in [7, 11) is 2.78. The lowest BCUT2D eigenvalue weighted by Crippen LogP contribution is -2.54. The molecule has 2 bridgehead atoms. The highest BCUT2D eigenvalue weighted by atomic mass is 32.1. The number of allylic oxidation sites excluding steroid dienone is 1. The number of H-pyrrole nitrogens is 1. The average molecular weight is 762 g/mol. The van der Waals surface area contributed by atoms with Crippen LogP contribution >= 0.6 is 11.3 Å². The average Bonchev–Trinajstić information content (AvgIpc) is 4.08. The number of aromatic amines is 1. The number of rotatable bonds is 12. The molecular formula is C42H47N7O5S. The number of benzene rings is 2. The van der Waals surface area contributed by atoms with E-state index in [1.807, 2.05) is 17.8 Å². The molecule has 2 aromatic carbocycles. The van der Waals surface area contributed by atoms with Gasteiger partial charge in [-0.2, -0.15) is 0 Å². The largest absolute Gasteiger partial charge is 0.453 e. The number of carbonyl (C=O) groups excluding carboxylic acids is 3. The van der Waals surface area contributed by atoms with Crippen molar-refractivity contribution in [1.82, 2.24) is 30.5 Å². The summed E-state index contributed by atoms with van der Waals surface area (Å²) >= 11 is 1.57. The lowest BCUT2D eigenvalue weighted by atomic mass is 9.75. The van der Waals surface area contributed by atoms with Crippen molar-refractivity contribution in [3.8, 4) is 22.4 Å². The summed E-state index contributed by atoms with van der Waals surface area (Å²) in [5.74, 6) is 1.80. The fraction of sp³-hybridized carbons (Fsp3) is 0.429. The number of carbonyl (C=O) groups is 3. The molecule has 0 radical (unpaired) electrons. The number of nitrogens with zero attached hydrogens (tertiary/aromatic N) is 4. The summed E-state index contributed by atoms with van der Waals surface area (Å²) in [6, 6.07) is 15.9. The fourth-order valence-electron chi connectivity index (χ4n) is 9.16. The molecule has 12 nitrogen and oxygen atoms in total. The second kappa shape index (κ2) is 15.9. The van der Waals surface area contributed by atoms with Crippen molar-refractivity contribution >= 4 is 40.5 Å². The van der Waals surface area contributed by atoms with Crippen LogP contribution in [0.25, 0.3) is 28.0 Å². The van der Waals surface area contributed by atoms with Crippen LogP contribution in [0.1, 0.15) is 67.9 Å². The van der Waals surface area contributed by atoms with Gasteiger partial charge in [0.1, 0.15) is 16.9 Å². The Kier molecular flexibility index (Phi) is 10.7. The number of hydrogen-bond acceptors (Lipinski definition) is 9. The van der Waals surface area contributed by atoms with E-state index in [9.17, 15) is 14.4 Å². The van der Waals surface area contributed by atoms with Gasteiger partial charge < -0.3 is 30.0 Å². The minimum atomic E-state index is -0.880. The SMILES string of the molecule is COC(=O)N[C@H](C(=O)N1CCC[C@H]1c1ncc(-c2ccc(-c3ccc(C4=CN=C(C5C6CCC(C6)[C@H]5C(=O)NCc5nccs5)C4)cc3)cc2)[nH]1)[C@@H](C)OC. The molecular weight excluding hydrogens is 715 g/mol. The molecule has 3 fully saturated rings. The normalized spacial score (nSPS) is 24.0. The summed E-state index contributed by atoms with van der Waals surface area (Å²) in [6.45, 7) is 2.80. The maximum absolute atomic E-state index is 13.6. The maximum Gasteiger partial charge on any atom is 0.407 e. The van der Waals surface area contributed by atoms with Crippen LogP contribution in [-0.4, -0.2) is 76.4 Å². The Balaban J connectivity index is 0.892. The second-order valence-corrected chi connectivity index (χ2v) is 16.0. The van der Waals surface area contributed by atoms with Crippen molar-refractivity contribution in [3.05, 3.63) is 88.9 Å². The van der Waals surface area contributed by atoms with Crippen molar-refractivity contribution in [1.29, 1.82) is 0 Å². The summed E-state index contributed by atoms with van der Waals surface area (Å²) in [6.07, 6.45) is 10.2. The zero-order chi connectivity index (χ0) is 38.1. The van der Waals surface area contributed by atoms with Gasteiger partial charge in [-0.25, -0.2) is 14.8 Å². The molecule has 13 heteroatoms. The Hall–Kier alpha value is -5.14. The van der Waals surface area contributed by atoms with E-state index in [-0.39, 0.29) is 29.7 Å². The van der Waals surface area contributed by atoms with E-state index < -0.39 is 18.2 Å². The summed E-state index contributed by atoms with van der Waals surface area (Å²) in [5.41, 5.74) is 7.58. The molecule has 3 amide bonds. The third-order valence-electron chi connectivity index (χ3n) is 12.1. The summed E-state index contributed by atoms with van der Waals surface area (Å²) in [5, 5.41) is 8.68. The van der Waals surface area contributed by atoms with Gasteiger partial charge in [0.05, 0.1) is 37.7 Å². The first-order valence-electron chi connectivity index (χ1n) is 19.2. The molecule has 0 spiro atoms. The first-order chi connectivity index (χ1) is 26.8. The lowest BCUT2D eigenvalue weighted by Gasteiger charge is -2.30. The number of thiazole rings is 1. The van der Waals surface area contributed by atoms with E-state index in [1.165, 1.54) is 26.2 Å². The Morgan fingerprint density at radius 1 is 0.964 bits per heavy atom. The number of nitrogens with one attached hydrogen (secondary N) is 3. The van der Waals surface area contributed by atoms with Crippen LogP contribution in [0.2, 0.25) is 0 Å². The van der Waals surface area contributed by atoms with E-state index in [2.05, 4.69) is 74.1 Å². The van der Waals surface area contributed by atoms with E-state index in [0.717, 1.165) is 70.8 Å². The van der Waals surface area contributed by atoms with Gasteiger partial charge in [0.2, 0.25) is 11.8 Å². The van der Waals surface area contributed by atoms with Gasteiger partial charge >= 0.3 is 6.09 Å². The number of imidazole rings is 1. The van der Waals surface area contributed by atoms with E-state index >= 15 is 0 Å². The molecule has 4 aliphatic rings. The van der Waals surface area contributed by atoms with Crippen molar-refractivity contribution in [2.24, 2.45) is 28.7 Å². The number of fused-ring (bicyclic) bond motifs is 2. The van der Waals surface area contributed by atoms with E-state index in [4.69, 9.17) is 14.5 Å². The molecule has 4 aromatic rings. The fourth-order valence-corrected chi connectivity index (χ4v) is 9.72. The van der Waals surface area contributed by atoms with Gasteiger partial charge in [0.25, 0.3) is 0 Å². The van der Waals surface area contributed by atoms with Crippen LogP contribution in [0.5, 0.6) is 0 Å². The Morgan fingerprint density at radius 3 is 2.40 bits per heavy atom. The lowest BCUT2D eigenvalue weighted by molar-refractivity contribution is -0.137. The van der Waals surface area contributed by atoms with Crippen molar-refractivity contribution in [2.45, 2.75) is 70.2 Å². The quantitative estimate of drug-likeness (QED) is 0.144. The Labute approximate surface area is 324 Å². The zero-order valence-corrected chi connectivity index (χ0v) is 32.2. The molecule has 55 heavy (non-hydrogen) atoms. The number of amides is 3. The predicted molar refractivity (Wildman–Crippen MR) is 211 cm³/mol. The number of aromatic nitrogens is 3. The highest BCUT2D eigenvalue weighted by Crippen LogP contribution is 2.54. The molecule has 3 N–H and O–H groups in total. The van der Waals surface area contributed by atoms with Crippen molar-refractivity contribution in [3.63, 3.8) is 0 Å². The molecule has 286 valence electrons. The molecule has 2 aromatic heterocycles. The third kappa shape index (κ3) is 7.47. The molecule has 2 saturated carbocycles. The first kappa shape index (κ1) is 36.8. The minimum Gasteiger partial charge on any atom is -0.453 e. The van der Waals surface area contributed by atoms with Gasteiger partial charge in [-0.05, 0) is 78.7 Å². The highest BCUT2D eigenvalue weighted by molar-refractivity contribution is 7.09. The smallest absolute Gasteiger partial charge is 0.407 e. The molecule has 3 unspecified atom stereocenters. The van der Waals surface area contributed by atoms with Gasteiger partial charge in [-0.3, -0.25) is 14.6 Å². The van der Waals surface area contributed by atoms with Crippen LogP contribution in [0.4, 0.5) is 4.79 Å². The van der Waals surface area contributed by atoms with Crippen LogP contribution in [0.15, 0.2) is 77.5 Å². The van der Waals surface area contributed by atoms with Gasteiger partial charge in [0, 0.05) is 55.4 Å². The molecule has 4 heterocycles. The molecule has 1 saturated heterocycles. The second-order valence-electron chi connectivity index (χ2n) is 15.1. The third-order valence-corrected chi connectivity index (χ3v) is 12.8. The van der Waals surface area contributed by atoms with Gasteiger partial charge in [0.15, 0.2) is 0 Å². The summed E-state index contributed by atoms with van der Waals surface area (Å²) < 4.78 is 10.2. The number of aliphatic imine (C=N–C) groups is 1. The Morgan fingerprint density at radius 2 is 1.69 bits per heavy atom. The van der Waals surface area contributed by atoms with E-state index in [0.29, 0.717) is 30.7 Å². The van der Waals surface area contributed by atoms with Crippen LogP contribution in [-0.2, 0) is 25.6 Å².